The van der Waals surface area contributed by atoms with E-state index in [1.54, 1.807) is 19.1 Å². The molecule has 1 fully saturated rings. The number of rotatable bonds is 3. The highest BCUT2D eigenvalue weighted by Crippen LogP contribution is 2.30. The summed E-state index contributed by atoms with van der Waals surface area (Å²) in [6, 6.07) is 4.98. The fourth-order valence-corrected chi connectivity index (χ4v) is 8.09. The number of thioether (sulfide) groups is 1. The Bertz CT molecular complexity index is 746. The lowest BCUT2D eigenvalue weighted by atomic mass is 10.2. The van der Waals surface area contributed by atoms with E-state index >= 15 is 0 Å². The molecular weight excluding hydrogens is 398 g/mol. The van der Waals surface area contributed by atoms with E-state index in [2.05, 4.69) is 15.9 Å². The van der Waals surface area contributed by atoms with Crippen LogP contribution >= 0.6 is 27.7 Å². The first-order valence-corrected chi connectivity index (χ1v) is 11.5. The minimum atomic E-state index is -3.84. The molecule has 5 nitrogen and oxygen atoms in total. The van der Waals surface area contributed by atoms with Gasteiger partial charge in [-0.3, -0.25) is 0 Å². The maximum Gasteiger partial charge on any atom is 0.244 e. The number of benzene rings is 1. The van der Waals surface area contributed by atoms with Crippen molar-refractivity contribution in [3.05, 3.63) is 28.2 Å². The van der Waals surface area contributed by atoms with E-state index in [1.807, 2.05) is 0 Å². The number of nitrogens with zero attached hydrogens (tertiary/aromatic N) is 1. The molecule has 0 spiro atoms. The van der Waals surface area contributed by atoms with Crippen molar-refractivity contribution >= 4 is 47.6 Å². The van der Waals surface area contributed by atoms with E-state index in [9.17, 15) is 16.8 Å². The molecule has 1 aliphatic heterocycles. The molecule has 1 saturated heterocycles. The minimum absolute atomic E-state index is 0.150. The zero-order chi connectivity index (χ0) is 15.8. The average Bonchev–Trinajstić information content (AvgIpc) is 2.40. The molecule has 21 heavy (non-hydrogen) atoms. The Morgan fingerprint density at radius 2 is 1.95 bits per heavy atom. The highest BCUT2D eigenvalue weighted by molar-refractivity contribution is 9.10. The molecule has 0 bridgehead atoms. The van der Waals surface area contributed by atoms with E-state index in [1.165, 1.54) is 17.8 Å². The Labute approximate surface area is 138 Å². The first-order chi connectivity index (χ1) is 9.64. The van der Waals surface area contributed by atoms with Gasteiger partial charge in [0.25, 0.3) is 0 Å². The molecule has 0 radical (unpaired) electrons. The van der Waals surface area contributed by atoms with Crippen molar-refractivity contribution < 1.29 is 16.8 Å². The molecule has 0 amide bonds. The van der Waals surface area contributed by atoms with Crippen LogP contribution in [-0.2, 0) is 19.9 Å². The molecule has 0 aromatic heterocycles. The quantitative estimate of drug-likeness (QED) is 0.755. The summed E-state index contributed by atoms with van der Waals surface area (Å²) in [7, 11) is -7.31. The van der Waals surface area contributed by atoms with Gasteiger partial charge in [-0.15, -0.1) is 0 Å². The molecule has 1 heterocycles. The van der Waals surface area contributed by atoms with Crippen LogP contribution in [0.2, 0.25) is 0 Å². The van der Waals surface area contributed by atoms with E-state index in [0.29, 0.717) is 15.8 Å². The lowest BCUT2D eigenvalue weighted by Gasteiger charge is -2.33. The zero-order valence-corrected chi connectivity index (χ0v) is 15.6. The second kappa shape index (κ2) is 6.19. The second-order valence-electron chi connectivity index (χ2n) is 4.88. The third-order valence-corrected chi connectivity index (χ3v) is 8.59. The molecule has 9 heteroatoms. The van der Waals surface area contributed by atoms with Crippen molar-refractivity contribution in [3.8, 4) is 0 Å². The lowest BCUT2D eigenvalue weighted by molar-refractivity contribution is 0.404. The topological polar surface area (TPSA) is 71.5 Å². The molecule has 118 valence electrons. The van der Waals surface area contributed by atoms with E-state index in [4.69, 9.17) is 0 Å². The summed E-state index contributed by atoms with van der Waals surface area (Å²) >= 11 is 4.72. The van der Waals surface area contributed by atoms with E-state index in [-0.39, 0.29) is 17.2 Å². The molecule has 0 aliphatic carbocycles. The first-order valence-electron chi connectivity index (χ1n) is 6.18. The number of aryl methyl sites for hydroxylation is 1. The molecule has 1 aliphatic rings. The van der Waals surface area contributed by atoms with Gasteiger partial charge in [0.15, 0.2) is 9.84 Å². The van der Waals surface area contributed by atoms with Gasteiger partial charge in [-0.1, -0.05) is 22.0 Å². The predicted molar refractivity (Wildman–Crippen MR) is 88.7 cm³/mol. The maximum absolute atomic E-state index is 12.8. The fourth-order valence-electron chi connectivity index (χ4n) is 2.16. The Morgan fingerprint density at radius 1 is 1.29 bits per heavy atom. The summed E-state index contributed by atoms with van der Waals surface area (Å²) in [5.74, 6) is 0.864. The van der Waals surface area contributed by atoms with Crippen molar-refractivity contribution in [1.82, 2.24) is 4.31 Å². The molecule has 1 aromatic rings. The van der Waals surface area contributed by atoms with Crippen molar-refractivity contribution in [2.45, 2.75) is 17.2 Å². The Kier molecular flexibility index (Phi) is 5.09. The molecule has 1 unspecified atom stereocenters. The number of halogens is 1. The number of sulfonamides is 1. The number of sulfone groups is 1. The fraction of sp³-hybridized carbons (Fsp3) is 0.500. The SMILES string of the molecule is Cc1ccc(Br)cc1S(=O)(=O)N1CCSCC1S(C)(=O)=O. The average molecular weight is 414 g/mol. The summed E-state index contributed by atoms with van der Waals surface area (Å²) in [5.41, 5.74) is 0.601. The van der Waals surface area contributed by atoms with Gasteiger partial charge in [-0.05, 0) is 24.6 Å². The molecule has 1 aromatic carbocycles. The lowest BCUT2D eigenvalue weighted by Crippen LogP contribution is -2.49. The van der Waals surface area contributed by atoms with Crippen LogP contribution in [0.25, 0.3) is 0 Å². The van der Waals surface area contributed by atoms with Gasteiger partial charge in [0.2, 0.25) is 10.0 Å². The van der Waals surface area contributed by atoms with Crippen molar-refractivity contribution in [3.63, 3.8) is 0 Å². The minimum Gasteiger partial charge on any atom is -0.227 e. The summed E-state index contributed by atoms with van der Waals surface area (Å²) in [6.45, 7) is 1.91. The largest absolute Gasteiger partial charge is 0.244 e. The van der Waals surface area contributed by atoms with E-state index < -0.39 is 25.2 Å². The van der Waals surface area contributed by atoms with Crippen molar-refractivity contribution in [2.24, 2.45) is 0 Å². The van der Waals surface area contributed by atoms with Crippen LogP contribution in [0, 0.1) is 6.92 Å². The Balaban J connectivity index is 2.53. The van der Waals surface area contributed by atoms with Gasteiger partial charge >= 0.3 is 0 Å². The molecule has 1 atom stereocenters. The standard InChI is InChI=1S/C12H16BrNO4S3/c1-9-3-4-10(13)7-11(9)21(17,18)14-5-6-19-8-12(14)20(2,15)16/h3-4,7,12H,5-6,8H2,1-2H3. The molecule has 0 N–H and O–H groups in total. The normalized spacial score (nSPS) is 21.4. The monoisotopic (exact) mass is 413 g/mol. The Hall–Kier alpha value is -0.0900. The van der Waals surface area contributed by atoms with Gasteiger partial charge in [-0.2, -0.15) is 16.1 Å². The van der Waals surface area contributed by atoms with Gasteiger partial charge in [-0.25, -0.2) is 16.8 Å². The van der Waals surface area contributed by atoms with Crippen LogP contribution < -0.4 is 0 Å². The first kappa shape index (κ1) is 17.3. The third kappa shape index (κ3) is 3.64. The van der Waals surface area contributed by atoms with Crippen LogP contribution in [0.5, 0.6) is 0 Å². The third-order valence-electron chi connectivity index (χ3n) is 3.27. The number of hydrogen-bond acceptors (Lipinski definition) is 5. The van der Waals surface area contributed by atoms with Gasteiger partial charge < -0.3 is 0 Å². The van der Waals surface area contributed by atoms with Crippen LogP contribution in [-0.4, -0.2) is 50.8 Å². The highest BCUT2D eigenvalue weighted by atomic mass is 79.9. The van der Waals surface area contributed by atoms with Crippen LogP contribution in [0.3, 0.4) is 0 Å². The Morgan fingerprint density at radius 3 is 2.57 bits per heavy atom. The summed E-state index contributed by atoms with van der Waals surface area (Å²) in [4.78, 5) is 0.150. The molecule has 0 saturated carbocycles. The van der Waals surface area contributed by atoms with Crippen LogP contribution in [0.4, 0.5) is 0 Å². The van der Waals surface area contributed by atoms with Gasteiger partial charge in [0, 0.05) is 28.8 Å². The van der Waals surface area contributed by atoms with Crippen LogP contribution in [0.1, 0.15) is 5.56 Å². The van der Waals surface area contributed by atoms with Crippen molar-refractivity contribution in [1.29, 1.82) is 0 Å². The van der Waals surface area contributed by atoms with E-state index in [0.717, 1.165) is 10.6 Å². The molecular formula is C12H16BrNO4S3. The van der Waals surface area contributed by atoms with Gasteiger partial charge in [0.05, 0.1) is 4.90 Å². The highest BCUT2D eigenvalue weighted by Gasteiger charge is 2.39. The summed E-state index contributed by atoms with van der Waals surface area (Å²) in [5, 5.41) is -1.00. The van der Waals surface area contributed by atoms with Crippen LogP contribution in [0.15, 0.2) is 27.6 Å². The van der Waals surface area contributed by atoms with Crippen molar-refractivity contribution in [2.75, 3.05) is 24.3 Å². The smallest absolute Gasteiger partial charge is 0.227 e. The summed E-state index contributed by atoms with van der Waals surface area (Å²) < 4.78 is 51.3. The predicted octanol–water partition coefficient (Wildman–Crippen LogP) is 1.87. The summed E-state index contributed by atoms with van der Waals surface area (Å²) in [6.07, 6.45) is 1.08. The maximum atomic E-state index is 12.8. The zero-order valence-electron chi connectivity index (χ0n) is 11.6. The molecule has 2 rings (SSSR count). The number of hydrogen-bond donors (Lipinski definition) is 0. The second-order valence-corrected chi connectivity index (χ2v) is 11.0. The van der Waals surface area contributed by atoms with Gasteiger partial charge in [0.1, 0.15) is 5.37 Å².